The maximum Gasteiger partial charge on any atom is 0.236 e. The van der Waals surface area contributed by atoms with E-state index >= 15 is 0 Å². The average Bonchev–Trinajstić information content (AvgIpc) is 3.46. The summed E-state index contributed by atoms with van der Waals surface area (Å²) in [5.74, 6) is -1.21. The lowest BCUT2D eigenvalue weighted by Crippen LogP contribution is -2.26. The Morgan fingerprint density at radius 2 is 1.34 bits per heavy atom. The lowest BCUT2D eigenvalue weighted by molar-refractivity contribution is -0.118. The minimum Gasteiger partial charge on any atom is -0.497 e. The highest BCUT2D eigenvalue weighted by atomic mass is 16.5. The Balaban J connectivity index is 1.63. The summed E-state index contributed by atoms with van der Waals surface area (Å²) < 4.78 is 10.5. The van der Waals surface area contributed by atoms with Crippen LogP contribution in [0.3, 0.4) is 0 Å². The van der Waals surface area contributed by atoms with E-state index in [4.69, 9.17) is 9.47 Å². The summed E-state index contributed by atoms with van der Waals surface area (Å²) in [6.07, 6.45) is 0. The van der Waals surface area contributed by atoms with E-state index in [1.807, 2.05) is 6.07 Å². The van der Waals surface area contributed by atoms with Crippen LogP contribution < -0.4 is 14.8 Å². The van der Waals surface area contributed by atoms with E-state index in [1.54, 1.807) is 73.8 Å². The second-order valence-corrected chi connectivity index (χ2v) is 8.01. The lowest BCUT2D eigenvalue weighted by atomic mass is 9.89. The van der Waals surface area contributed by atoms with Gasteiger partial charge in [0.2, 0.25) is 5.91 Å². The molecule has 3 aromatic carbocycles. The number of amides is 1. The Morgan fingerprint density at radius 3 is 1.94 bits per heavy atom. The van der Waals surface area contributed by atoms with Crippen molar-refractivity contribution < 1.29 is 23.9 Å². The molecule has 1 fully saturated rings. The first-order chi connectivity index (χ1) is 15.5. The molecule has 6 nitrogen and oxygen atoms in total. The molecule has 1 heterocycles. The van der Waals surface area contributed by atoms with Gasteiger partial charge in [0, 0.05) is 16.8 Å². The van der Waals surface area contributed by atoms with Crippen LogP contribution in [0.1, 0.15) is 26.3 Å². The van der Waals surface area contributed by atoms with Crippen LogP contribution in [0.5, 0.6) is 11.5 Å². The number of Topliss-reactive ketones (excluding diaryl/α,β-unsaturated/α-hetero) is 2. The molecule has 5 rings (SSSR count). The molecule has 32 heavy (non-hydrogen) atoms. The molecule has 0 unspecified atom stereocenters. The van der Waals surface area contributed by atoms with Gasteiger partial charge in [-0.15, -0.1) is 0 Å². The first-order valence-corrected chi connectivity index (χ1v) is 10.3. The Labute approximate surface area is 185 Å². The number of methoxy groups -OCH3 is 2. The number of nitrogens with one attached hydrogen (secondary N) is 1. The van der Waals surface area contributed by atoms with Crippen molar-refractivity contribution >= 4 is 23.2 Å². The van der Waals surface area contributed by atoms with Crippen LogP contribution >= 0.6 is 0 Å². The summed E-state index contributed by atoms with van der Waals surface area (Å²) in [5.41, 5.74) is 0.886. The lowest BCUT2D eigenvalue weighted by Gasteiger charge is -2.10. The molecule has 1 amide bonds. The SMILES string of the molecule is COc1ccc(C(=O)[C@H]2[C@H](C(=O)c3ccccc3)[C@]23C(=O)Nc2ccc(OC)cc23)cc1. The number of ether oxygens (including phenoxy) is 2. The fourth-order valence-corrected chi connectivity index (χ4v) is 4.89. The molecule has 3 atom stereocenters. The zero-order valence-corrected chi connectivity index (χ0v) is 17.6. The number of rotatable bonds is 6. The third-order valence-corrected chi connectivity index (χ3v) is 6.50. The maximum absolute atomic E-state index is 13.6. The number of benzene rings is 3. The summed E-state index contributed by atoms with van der Waals surface area (Å²) in [6.45, 7) is 0. The van der Waals surface area contributed by atoms with E-state index in [9.17, 15) is 14.4 Å². The predicted octanol–water partition coefficient (Wildman–Crippen LogP) is 3.91. The molecular formula is C26H21NO5. The third-order valence-electron chi connectivity index (χ3n) is 6.50. The Bertz CT molecular complexity index is 1230. The van der Waals surface area contributed by atoms with Crippen molar-refractivity contribution in [3.05, 3.63) is 89.5 Å². The number of fused-ring (bicyclic) bond motifs is 2. The second-order valence-electron chi connectivity index (χ2n) is 8.01. The molecule has 1 N–H and O–H groups in total. The van der Waals surface area contributed by atoms with Crippen molar-refractivity contribution in [3.63, 3.8) is 0 Å². The molecule has 1 aliphatic carbocycles. The van der Waals surface area contributed by atoms with Crippen LogP contribution in [0.15, 0.2) is 72.8 Å². The van der Waals surface area contributed by atoms with Gasteiger partial charge < -0.3 is 14.8 Å². The van der Waals surface area contributed by atoms with Crippen molar-refractivity contribution in [1.82, 2.24) is 0 Å². The van der Waals surface area contributed by atoms with Gasteiger partial charge in [0.25, 0.3) is 0 Å². The summed E-state index contributed by atoms with van der Waals surface area (Å²) in [7, 11) is 3.09. The van der Waals surface area contributed by atoms with Crippen LogP contribution in [0, 0.1) is 11.8 Å². The molecule has 6 heteroatoms. The number of ketones is 2. The van der Waals surface area contributed by atoms with Crippen molar-refractivity contribution in [2.45, 2.75) is 5.41 Å². The molecular weight excluding hydrogens is 406 g/mol. The van der Waals surface area contributed by atoms with Crippen LogP contribution in [0.25, 0.3) is 0 Å². The summed E-state index contributed by atoms with van der Waals surface area (Å²) in [6, 6.07) is 20.7. The average molecular weight is 427 g/mol. The summed E-state index contributed by atoms with van der Waals surface area (Å²) in [4.78, 5) is 40.5. The number of carbonyl (C=O) groups excluding carboxylic acids is 3. The Morgan fingerprint density at radius 1 is 0.781 bits per heavy atom. The number of hydrogen-bond donors (Lipinski definition) is 1. The maximum atomic E-state index is 13.6. The van der Waals surface area contributed by atoms with Gasteiger partial charge >= 0.3 is 0 Å². The summed E-state index contributed by atoms with van der Waals surface area (Å²) >= 11 is 0. The van der Waals surface area contributed by atoms with Gasteiger partial charge in [0.1, 0.15) is 11.5 Å². The molecule has 0 saturated heterocycles. The van der Waals surface area contributed by atoms with Crippen LogP contribution in [-0.2, 0) is 10.2 Å². The number of anilines is 1. The zero-order chi connectivity index (χ0) is 22.5. The minimum absolute atomic E-state index is 0.219. The van der Waals surface area contributed by atoms with E-state index in [0.717, 1.165) is 0 Å². The molecule has 1 spiro atoms. The van der Waals surface area contributed by atoms with E-state index in [2.05, 4.69) is 5.32 Å². The standard InChI is InChI=1S/C26H21NO5/c1-31-17-10-8-16(9-11-17)24(29)22-21(23(28)15-6-4-3-5-7-15)26(22)19-14-18(32-2)12-13-20(19)27-25(26)30/h3-14,21-22H,1-2H3,(H,27,30)/t21-,22-,26+/m1/s1. The second kappa shape index (κ2) is 7.34. The highest BCUT2D eigenvalue weighted by molar-refractivity contribution is 6.23. The fraction of sp³-hybridized carbons (Fsp3) is 0.192. The van der Waals surface area contributed by atoms with Gasteiger partial charge in [-0.2, -0.15) is 0 Å². The largest absolute Gasteiger partial charge is 0.497 e. The zero-order valence-electron chi connectivity index (χ0n) is 17.6. The van der Waals surface area contributed by atoms with Gasteiger partial charge in [0.05, 0.1) is 31.5 Å². The third kappa shape index (κ3) is 2.76. The molecule has 0 aromatic heterocycles. The topological polar surface area (TPSA) is 81.7 Å². The summed E-state index contributed by atoms with van der Waals surface area (Å²) in [5, 5.41) is 2.87. The molecule has 0 radical (unpaired) electrons. The molecule has 0 bridgehead atoms. The first kappa shape index (κ1) is 20.0. The minimum atomic E-state index is -1.26. The van der Waals surface area contributed by atoms with Crippen LogP contribution in [-0.4, -0.2) is 31.7 Å². The molecule has 2 aliphatic rings. The predicted molar refractivity (Wildman–Crippen MR) is 118 cm³/mol. The molecule has 1 aliphatic heterocycles. The van der Waals surface area contributed by atoms with Crippen LogP contribution in [0.2, 0.25) is 0 Å². The van der Waals surface area contributed by atoms with Gasteiger partial charge in [-0.3, -0.25) is 14.4 Å². The van der Waals surface area contributed by atoms with E-state index in [1.165, 1.54) is 7.11 Å². The highest BCUT2D eigenvalue weighted by Crippen LogP contribution is 2.66. The highest BCUT2D eigenvalue weighted by Gasteiger charge is 2.78. The van der Waals surface area contributed by atoms with E-state index in [0.29, 0.717) is 33.9 Å². The number of hydrogen-bond acceptors (Lipinski definition) is 5. The molecule has 1 saturated carbocycles. The molecule has 160 valence electrons. The smallest absolute Gasteiger partial charge is 0.236 e. The normalized spacial score (nSPS) is 22.8. The van der Waals surface area contributed by atoms with Gasteiger partial charge in [-0.05, 0) is 48.0 Å². The number of carbonyl (C=O) groups is 3. The Kier molecular flexibility index (Phi) is 4.59. The van der Waals surface area contributed by atoms with Gasteiger partial charge in [0.15, 0.2) is 11.6 Å². The van der Waals surface area contributed by atoms with Crippen molar-refractivity contribution in [3.8, 4) is 11.5 Å². The van der Waals surface area contributed by atoms with Crippen molar-refractivity contribution in [2.24, 2.45) is 11.8 Å². The first-order valence-electron chi connectivity index (χ1n) is 10.3. The van der Waals surface area contributed by atoms with Crippen molar-refractivity contribution in [2.75, 3.05) is 19.5 Å². The van der Waals surface area contributed by atoms with E-state index < -0.39 is 17.3 Å². The Hall–Kier alpha value is -3.93. The molecule has 3 aromatic rings. The quantitative estimate of drug-likeness (QED) is 0.604. The fourth-order valence-electron chi connectivity index (χ4n) is 4.89. The van der Waals surface area contributed by atoms with Crippen LogP contribution in [0.4, 0.5) is 5.69 Å². The van der Waals surface area contributed by atoms with Gasteiger partial charge in [-0.25, -0.2) is 0 Å². The monoisotopic (exact) mass is 427 g/mol. The van der Waals surface area contributed by atoms with Crippen molar-refractivity contribution in [1.29, 1.82) is 0 Å². The van der Waals surface area contributed by atoms with E-state index in [-0.39, 0.29) is 17.5 Å². The van der Waals surface area contributed by atoms with Gasteiger partial charge in [-0.1, -0.05) is 30.3 Å².